The number of hydrogen-bond acceptors (Lipinski definition) is 11. The van der Waals surface area contributed by atoms with E-state index in [1.807, 2.05) is 0 Å². The zero-order chi connectivity index (χ0) is 24.5. The molecule has 33 heavy (non-hydrogen) atoms. The molecule has 5 N–H and O–H groups in total. The summed E-state index contributed by atoms with van der Waals surface area (Å²) < 4.78 is 8.73. The largest absolute Gasteiger partial charge is 0.504 e. The number of benzene rings is 2. The van der Waals surface area contributed by atoms with Crippen LogP contribution in [0.15, 0.2) is 48.6 Å². The van der Waals surface area contributed by atoms with Gasteiger partial charge in [0, 0.05) is 12.2 Å². The number of esters is 4. The zero-order valence-electron chi connectivity index (χ0n) is 16.7. The predicted octanol–water partition coefficient (Wildman–Crippen LogP) is 1.13. The predicted molar refractivity (Wildman–Crippen MR) is 110 cm³/mol. The molecule has 0 aromatic heterocycles. The summed E-state index contributed by atoms with van der Waals surface area (Å²) in [5.41, 5.74) is 0.611. The van der Waals surface area contributed by atoms with Crippen molar-refractivity contribution >= 4 is 36.0 Å². The third-order valence-electron chi connectivity index (χ3n) is 3.87. The molecule has 1 atom stereocenters. The second-order valence-corrected chi connectivity index (χ2v) is 6.42. The number of ether oxygens (including phenoxy) is 2. The van der Waals surface area contributed by atoms with Gasteiger partial charge in [-0.1, -0.05) is 12.1 Å². The van der Waals surface area contributed by atoms with Gasteiger partial charge in [-0.25, -0.2) is 14.4 Å². The Labute approximate surface area is 186 Å². The fourth-order valence-electron chi connectivity index (χ4n) is 2.25. The maximum Gasteiger partial charge on any atom is 0.343 e. The minimum Gasteiger partial charge on any atom is -0.504 e. The van der Waals surface area contributed by atoms with E-state index in [1.54, 1.807) is 0 Å². The summed E-state index contributed by atoms with van der Waals surface area (Å²) in [6.45, 7) is 0. The van der Waals surface area contributed by atoms with Crippen molar-refractivity contribution in [3.05, 3.63) is 59.7 Å². The number of phenolic OH excluding ortho intramolecular Hbond substituents is 4. The van der Waals surface area contributed by atoms with Gasteiger partial charge in [0.1, 0.15) is 0 Å². The molecule has 11 nitrogen and oxygen atoms in total. The average molecular weight is 458 g/mol. The summed E-state index contributed by atoms with van der Waals surface area (Å²) in [6.07, 6.45) is 0.931. The molecule has 2 aromatic rings. The van der Waals surface area contributed by atoms with Gasteiger partial charge < -0.3 is 35.0 Å². The molecule has 2 rings (SSSR count). The highest BCUT2D eigenvalue weighted by Gasteiger charge is 2.24. The first-order valence-electron chi connectivity index (χ1n) is 9.13. The molecule has 0 aliphatic rings. The Morgan fingerprint density at radius 1 is 0.727 bits per heavy atom. The van der Waals surface area contributed by atoms with E-state index in [1.165, 1.54) is 30.3 Å². The third-order valence-corrected chi connectivity index (χ3v) is 3.87. The van der Waals surface area contributed by atoms with Crippen molar-refractivity contribution in [1.82, 2.24) is 0 Å². The summed E-state index contributed by atoms with van der Waals surface area (Å²) in [5, 5.41) is 46.8. The van der Waals surface area contributed by atoms with Crippen molar-refractivity contribution in [3.8, 4) is 23.0 Å². The molecule has 0 amide bonds. The van der Waals surface area contributed by atoms with Crippen LogP contribution in [0.1, 0.15) is 17.5 Å². The van der Waals surface area contributed by atoms with Crippen LogP contribution in [0.25, 0.3) is 12.2 Å². The molecule has 0 saturated heterocycles. The highest BCUT2D eigenvalue weighted by atomic mass is 16.6. The molecular formula is C22H18O11. The lowest BCUT2D eigenvalue weighted by molar-refractivity contribution is -0.168. The number of phenols is 4. The molecule has 0 aliphatic carbocycles. The first kappa shape index (κ1) is 24.6. The van der Waals surface area contributed by atoms with Crippen molar-refractivity contribution in [3.63, 3.8) is 0 Å². The fraction of sp³-hybridized carbons (Fsp3) is 0.0909. The van der Waals surface area contributed by atoms with Gasteiger partial charge in [0.15, 0.2) is 29.1 Å². The van der Waals surface area contributed by atoms with Crippen LogP contribution < -0.4 is 0 Å². The summed E-state index contributed by atoms with van der Waals surface area (Å²) in [7, 11) is 0. The lowest BCUT2D eigenvalue weighted by Gasteiger charge is -2.07. The summed E-state index contributed by atoms with van der Waals surface area (Å²) in [6, 6.07) is 7.38. The Morgan fingerprint density at radius 3 is 1.64 bits per heavy atom. The van der Waals surface area contributed by atoms with Gasteiger partial charge in [-0.15, -0.1) is 0 Å². The lowest BCUT2D eigenvalue weighted by Crippen LogP contribution is -2.29. The third kappa shape index (κ3) is 7.84. The number of aromatic hydroxyl groups is 4. The van der Waals surface area contributed by atoms with E-state index in [0.717, 1.165) is 30.4 Å². The summed E-state index contributed by atoms with van der Waals surface area (Å²) >= 11 is 0. The number of carbonyl (C=O) groups excluding carboxylic acids is 4. The van der Waals surface area contributed by atoms with Gasteiger partial charge in [0.25, 0.3) is 0 Å². The normalized spacial score (nSPS) is 11.9. The number of carbonyl (C=O) groups is 4. The molecule has 0 aliphatic heterocycles. The average Bonchev–Trinajstić information content (AvgIpc) is 2.75. The van der Waals surface area contributed by atoms with Crippen molar-refractivity contribution in [2.75, 3.05) is 0 Å². The van der Waals surface area contributed by atoms with Gasteiger partial charge in [0.05, 0.1) is 6.42 Å². The monoisotopic (exact) mass is 458 g/mol. The minimum atomic E-state index is -2.08. The molecule has 11 heteroatoms. The number of aliphatic hydroxyl groups is 1. The molecule has 0 heterocycles. The Balaban J connectivity index is 1.81. The van der Waals surface area contributed by atoms with Crippen LogP contribution in [0.4, 0.5) is 0 Å². The fourth-order valence-corrected chi connectivity index (χ4v) is 2.25. The van der Waals surface area contributed by atoms with Gasteiger partial charge in [-0.3, -0.25) is 4.79 Å². The van der Waals surface area contributed by atoms with E-state index >= 15 is 0 Å². The van der Waals surface area contributed by atoms with E-state index in [4.69, 9.17) is 0 Å². The summed E-state index contributed by atoms with van der Waals surface area (Å²) in [4.78, 5) is 46.7. The number of rotatable bonds is 7. The number of aliphatic hydroxyl groups excluding tert-OH is 1. The Morgan fingerprint density at radius 2 is 1.18 bits per heavy atom. The van der Waals surface area contributed by atoms with Crippen LogP contribution in [0.2, 0.25) is 0 Å². The maximum atomic E-state index is 11.7. The van der Waals surface area contributed by atoms with E-state index < -0.39 is 47.9 Å². The van der Waals surface area contributed by atoms with Crippen molar-refractivity contribution < 1.29 is 54.2 Å². The van der Waals surface area contributed by atoms with Crippen molar-refractivity contribution in [2.24, 2.45) is 0 Å². The Bertz CT molecular complexity index is 1130. The van der Waals surface area contributed by atoms with E-state index in [9.17, 15) is 44.7 Å². The molecule has 2 aromatic carbocycles. The first-order chi connectivity index (χ1) is 15.5. The molecule has 172 valence electrons. The highest BCUT2D eigenvalue weighted by Crippen LogP contribution is 2.26. The molecule has 0 radical (unpaired) electrons. The van der Waals surface area contributed by atoms with Crippen molar-refractivity contribution in [1.29, 1.82) is 0 Å². The second kappa shape index (κ2) is 11.1. The van der Waals surface area contributed by atoms with Crippen LogP contribution in [0, 0.1) is 0 Å². The molecule has 0 fully saturated rings. The lowest BCUT2D eigenvalue weighted by atomic mass is 10.2. The van der Waals surface area contributed by atoms with Gasteiger partial charge in [-0.05, 0) is 47.5 Å². The molecule has 0 bridgehead atoms. The van der Waals surface area contributed by atoms with Gasteiger partial charge in [0.2, 0.25) is 0 Å². The molecular weight excluding hydrogens is 440 g/mol. The SMILES string of the molecule is O=C(C=Cc1ccc(O)c(O)c1)OC(=O)CC(O)C(=O)OC(=O)C=Cc1ccc(O)c(O)c1. The smallest absolute Gasteiger partial charge is 0.343 e. The molecule has 1 unspecified atom stereocenters. The van der Waals surface area contributed by atoms with Crippen LogP contribution >= 0.6 is 0 Å². The van der Waals surface area contributed by atoms with E-state index in [0.29, 0.717) is 11.1 Å². The number of hydrogen-bond donors (Lipinski definition) is 5. The van der Waals surface area contributed by atoms with E-state index in [2.05, 4.69) is 9.47 Å². The molecule has 0 saturated carbocycles. The Hall–Kier alpha value is -4.64. The zero-order valence-corrected chi connectivity index (χ0v) is 16.7. The highest BCUT2D eigenvalue weighted by molar-refractivity contribution is 5.98. The Kier molecular flexibility index (Phi) is 8.29. The maximum absolute atomic E-state index is 11.7. The summed E-state index contributed by atoms with van der Waals surface area (Å²) in [5.74, 6) is -6.63. The van der Waals surface area contributed by atoms with E-state index in [-0.39, 0.29) is 11.5 Å². The van der Waals surface area contributed by atoms with Crippen LogP contribution in [-0.2, 0) is 28.7 Å². The second-order valence-electron chi connectivity index (χ2n) is 6.42. The van der Waals surface area contributed by atoms with Gasteiger partial charge in [-0.2, -0.15) is 0 Å². The van der Waals surface area contributed by atoms with Crippen molar-refractivity contribution in [2.45, 2.75) is 12.5 Å². The topological polar surface area (TPSA) is 188 Å². The molecule has 0 spiro atoms. The quantitative estimate of drug-likeness (QED) is 0.173. The van der Waals surface area contributed by atoms with Gasteiger partial charge >= 0.3 is 23.9 Å². The first-order valence-corrected chi connectivity index (χ1v) is 9.13. The minimum absolute atomic E-state index is 0.299. The standard InChI is InChI=1S/C22H18O11/c23-14-5-1-12(9-16(14)25)3-7-19(28)32-21(30)11-18(27)22(31)33-20(29)8-4-13-2-6-15(24)17(26)10-13/h1-10,18,23-27H,11H2. The van der Waals surface area contributed by atoms with Crippen LogP contribution in [0.5, 0.6) is 23.0 Å². The van der Waals surface area contributed by atoms with Crippen LogP contribution in [-0.4, -0.2) is 55.5 Å². The van der Waals surface area contributed by atoms with Crippen LogP contribution in [0.3, 0.4) is 0 Å².